The Labute approximate surface area is 131 Å². The average molecular weight is 305 g/mol. The van der Waals surface area contributed by atoms with Gasteiger partial charge in [0, 0.05) is 19.0 Å². The fraction of sp³-hybridized carbons (Fsp3) is 0.500. The molecule has 0 aromatic heterocycles. The zero-order valence-corrected chi connectivity index (χ0v) is 13.8. The van der Waals surface area contributed by atoms with Crippen molar-refractivity contribution in [3.05, 3.63) is 34.9 Å². The Morgan fingerprint density at radius 3 is 2.59 bits per heavy atom. The molecule has 1 aromatic rings. The lowest BCUT2D eigenvalue weighted by molar-refractivity contribution is -0.00811. The minimum absolute atomic E-state index is 0.293. The monoisotopic (exact) mass is 305 g/mol. The molecular weight excluding hydrogens is 282 g/mol. The highest BCUT2D eigenvalue weighted by atomic mass is 16.6. The first-order valence-electron chi connectivity index (χ1n) is 7.05. The van der Waals surface area contributed by atoms with E-state index in [1.54, 1.807) is 14.0 Å². The van der Waals surface area contributed by atoms with Gasteiger partial charge in [-0.3, -0.25) is 0 Å². The molecule has 0 aliphatic heterocycles. The number of carbonyl (C=O) groups excluding carboxylic acids is 1. The number of benzene rings is 1. The first-order valence-corrected chi connectivity index (χ1v) is 7.05. The molecule has 1 rings (SSSR count). The third-order valence-electron chi connectivity index (χ3n) is 2.80. The van der Waals surface area contributed by atoms with Crippen LogP contribution >= 0.6 is 0 Å². The number of hydrogen-bond acceptors (Lipinski definition) is 3. The molecule has 0 heterocycles. The lowest BCUT2D eigenvalue weighted by Crippen LogP contribution is -2.32. The molecule has 120 valence electrons. The molecule has 0 unspecified atom stereocenters. The van der Waals surface area contributed by atoms with Crippen LogP contribution in [0.1, 0.15) is 38.8 Å². The van der Waals surface area contributed by atoms with Crippen LogP contribution in [0.15, 0.2) is 18.2 Å². The Hall–Kier alpha value is -2.33. The van der Waals surface area contributed by atoms with Crippen LogP contribution in [-0.4, -0.2) is 29.3 Å². The largest absolute Gasteiger partial charge is 0.496 e. The summed E-state index contributed by atoms with van der Waals surface area (Å²) in [5.41, 5.74) is 10.6. The van der Waals surface area contributed by atoms with Crippen molar-refractivity contribution in [3.8, 4) is 5.75 Å². The molecule has 1 N–H and O–H groups in total. The summed E-state index contributed by atoms with van der Waals surface area (Å²) in [6, 6.07) is 5.63. The quantitative estimate of drug-likeness (QED) is 0.515. The van der Waals surface area contributed by atoms with Gasteiger partial charge in [-0.25, -0.2) is 4.79 Å². The lowest BCUT2D eigenvalue weighted by atomic mass is 10.0. The predicted octanol–water partition coefficient (Wildman–Crippen LogP) is 2.95. The van der Waals surface area contributed by atoms with Crippen LogP contribution in [0.2, 0.25) is 0 Å². The van der Waals surface area contributed by atoms with Gasteiger partial charge in [0.15, 0.2) is 0 Å². The van der Waals surface area contributed by atoms with Gasteiger partial charge < -0.3 is 20.3 Å². The normalized spacial score (nSPS) is 10.6. The molecule has 0 saturated carbocycles. The second-order valence-corrected chi connectivity index (χ2v) is 6.01. The number of methoxy groups -OCH3 is 1. The van der Waals surface area contributed by atoms with Crippen molar-refractivity contribution < 1.29 is 19.1 Å². The topological polar surface area (TPSA) is 84.0 Å². The summed E-state index contributed by atoms with van der Waals surface area (Å²) >= 11 is 0. The molecule has 6 heteroatoms. The van der Waals surface area contributed by atoms with Crippen LogP contribution in [-0.2, 0) is 17.7 Å². The number of rotatable bonds is 5. The van der Waals surface area contributed by atoms with Gasteiger partial charge in [-0.2, -0.15) is 4.79 Å². The third kappa shape index (κ3) is 5.97. The zero-order chi connectivity index (χ0) is 16.8. The van der Waals surface area contributed by atoms with Crippen LogP contribution in [0, 0.1) is 0 Å². The van der Waals surface area contributed by atoms with Crippen molar-refractivity contribution >= 4 is 11.8 Å². The predicted molar refractivity (Wildman–Crippen MR) is 84.1 cm³/mol. The summed E-state index contributed by atoms with van der Waals surface area (Å²) in [4.78, 5) is 14.9. The fourth-order valence-electron chi connectivity index (χ4n) is 1.89. The van der Waals surface area contributed by atoms with Gasteiger partial charge >= 0.3 is 6.09 Å². The SMILES string of the molecule is COc1ccc(CC(C)=[N+]=[N-])cc1CNC(=O)OC(C)(C)C. The number of carbonyl (C=O) groups is 1. The molecule has 0 saturated heterocycles. The minimum atomic E-state index is -0.537. The van der Waals surface area contributed by atoms with E-state index in [1.165, 1.54) is 0 Å². The molecule has 0 atom stereocenters. The molecule has 0 fully saturated rings. The average Bonchev–Trinajstić information content (AvgIpc) is 2.43. The number of ether oxygens (including phenoxy) is 2. The van der Waals surface area contributed by atoms with Crippen LogP contribution in [0.3, 0.4) is 0 Å². The molecule has 1 aromatic carbocycles. The molecule has 0 aliphatic rings. The van der Waals surface area contributed by atoms with Crippen molar-refractivity contribution in [1.82, 2.24) is 5.32 Å². The molecule has 0 aliphatic carbocycles. The number of amides is 1. The van der Waals surface area contributed by atoms with Crippen molar-refractivity contribution in [2.24, 2.45) is 0 Å². The van der Waals surface area contributed by atoms with Gasteiger partial charge in [0.05, 0.1) is 13.5 Å². The van der Waals surface area contributed by atoms with E-state index in [1.807, 2.05) is 39.0 Å². The third-order valence-corrected chi connectivity index (χ3v) is 2.80. The van der Waals surface area contributed by atoms with Crippen LogP contribution in [0.5, 0.6) is 5.75 Å². The van der Waals surface area contributed by atoms with E-state index in [9.17, 15) is 4.79 Å². The van der Waals surface area contributed by atoms with Gasteiger partial charge in [-0.1, -0.05) is 6.07 Å². The molecule has 0 spiro atoms. The summed E-state index contributed by atoms with van der Waals surface area (Å²) in [7, 11) is 1.58. The smallest absolute Gasteiger partial charge is 0.407 e. The Morgan fingerprint density at radius 2 is 2.05 bits per heavy atom. The Kier molecular flexibility index (Phi) is 6.13. The van der Waals surface area contributed by atoms with Gasteiger partial charge in [-0.15, -0.1) is 0 Å². The number of hydrogen-bond donors (Lipinski definition) is 1. The number of nitrogens with zero attached hydrogens (tertiary/aromatic N) is 2. The second-order valence-electron chi connectivity index (χ2n) is 6.01. The lowest BCUT2D eigenvalue weighted by Gasteiger charge is -2.20. The molecule has 0 radical (unpaired) electrons. The van der Waals surface area contributed by atoms with Crippen LogP contribution < -0.4 is 10.1 Å². The van der Waals surface area contributed by atoms with Gasteiger partial charge in [0.1, 0.15) is 11.4 Å². The second kappa shape index (κ2) is 7.61. The Bertz CT molecular complexity index is 585. The van der Waals surface area contributed by atoms with Crippen molar-refractivity contribution in [2.45, 2.75) is 46.3 Å². The summed E-state index contributed by atoms with van der Waals surface area (Å²) < 4.78 is 10.5. The van der Waals surface area contributed by atoms with Gasteiger partial charge in [-0.05, 0) is 38.5 Å². The Morgan fingerprint density at radius 1 is 1.36 bits per heavy atom. The highest BCUT2D eigenvalue weighted by Crippen LogP contribution is 2.20. The van der Waals surface area contributed by atoms with E-state index < -0.39 is 11.7 Å². The number of alkyl carbamates (subject to hydrolysis) is 1. The number of nitrogens with one attached hydrogen (secondary N) is 1. The first kappa shape index (κ1) is 17.7. The molecular formula is C16H23N3O3. The minimum Gasteiger partial charge on any atom is -0.496 e. The molecule has 1 amide bonds. The standard InChI is InChI=1S/C16H23N3O3/c1-11(19-17)8-12-6-7-14(21-5)13(9-12)10-18-15(20)22-16(2,3)4/h6-7,9H,8,10H2,1-5H3,(H,18,20). The molecule has 22 heavy (non-hydrogen) atoms. The molecule has 6 nitrogen and oxygen atoms in total. The van der Waals surface area contributed by atoms with Crippen LogP contribution in [0.25, 0.3) is 5.53 Å². The summed E-state index contributed by atoms with van der Waals surface area (Å²) in [6.07, 6.45) is 0.0491. The van der Waals surface area contributed by atoms with Gasteiger partial charge in [0.2, 0.25) is 0 Å². The fourth-order valence-corrected chi connectivity index (χ4v) is 1.89. The maximum Gasteiger partial charge on any atom is 0.407 e. The summed E-state index contributed by atoms with van der Waals surface area (Å²) in [5.74, 6) is 0.679. The highest BCUT2D eigenvalue weighted by molar-refractivity contribution is 5.78. The summed E-state index contributed by atoms with van der Waals surface area (Å²) in [6.45, 7) is 7.46. The molecule has 0 bridgehead atoms. The van der Waals surface area contributed by atoms with Crippen molar-refractivity contribution in [3.63, 3.8) is 0 Å². The first-order chi connectivity index (χ1) is 10.2. The van der Waals surface area contributed by atoms with Crippen LogP contribution in [0.4, 0.5) is 4.79 Å². The van der Waals surface area contributed by atoms with Gasteiger partial charge in [0.25, 0.3) is 5.71 Å². The van der Waals surface area contributed by atoms with Crippen molar-refractivity contribution in [2.75, 3.05) is 7.11 Å². The highest BCUT2D eigenvalue weighted by Gasteiger charge is 2.16. The maximum atomic E-state index is 11.7. The van der Waals surface area contributed by atoms with E-state index in [0.29, 0.717) is 24.4 Å². The van der Waals surface area contributed by atoms with E-state index in [2.05, 4.69) is 10.1 Å². The zero-order valence-electron chi connectivity index (χ0n) is 13.8. The van der Waals surface area contributed by atoms with Crippen molar-refractivity contribution in [1.29, 1.82) is 0 Å². The van der Waals surface area contributed by atoms with E-state index in [4.69, 9.17) is 15.0 Å². The van der Waals surface area contributed by atoms with E-state index in [0.717, 1.165) is 11.1 Å². The maximum absolute atomic E-state index is 11.7. The Balaban J connectivity index is 2.81. The van der Waals surface area contributed by atoms with E-state index in [-0.39, 0.29) is 0 Å². The summed E-state index contributed by atoms with van der Waals surface area (Å²) in [5, 5.41) is 2.70. The van der Waals surface area contributed by atoms with E-state index >= 15 is 0 Å².